The first-order valence-electron chi connectivity index (χ1n) is 15.8. The number of unbranched alkanes of at least 4 members (excludes halogenated alkanes) is 4. The molecule has 10 heteroatoms. The van der Waals surface area contributed by atoms with E-state index in [1.807, 2.05) is 36.4 Å². The van der Waals surface area contributed by atoms with E-state index >= 15 is 0 Å². The molecule has 0 saturated heterocycles. The molecule has 0 aromatic heterocycles. The fourth-order valence-corrected chi connectivity index (χ4v) is 6.02. The van der Waals surface area contributed by atoms with Crippen LogP contribution < -0.4 is 10.2 Å². The van der Waals surface area contributed by atoms with Crippen molar-refractivity contribution in [2.24, 2.45) is 9.98 Å². The molecule has 2 aromatic rings. The molecule has 0 fully saturated rings. The van der Waals surface area contributed by atoms with Gasteiger partial charge in [-0.05, 0) is 90.1 Å². The number of aliphatic imine (C=N–C) groups is 2. The molecular weight excluding hydrogens is 821 g/mol. The van der Waals surface area contributed by atoms with Crippen molar-refractivity contribution in [1.29, 1.82) is 0 Å². The zero-order valence-corrected chi connectivity index (χ0v) is 33.3. The zero-order chi connectivity index (χ0) is 30.8. The Hall–Kier alpha value is -0.660. The summed E-state index contributed by atoms with van der Waals surface area (Å²) in [4.78, 5) is 7.95. The second-order valence-electron chi connectivity index (χ2n) is 11.4. The van der Waals surface area contributed by atoms with Crippen molar-refractivity contribution in [3.05, 3.63) is 69.7 Å². The van der Waals surface area contributed by atoms with Gasteiger partial charge in [0.2, 0.25) is 0 Å². The number of quaternary nitrogens is 2. The maximum absolute atomic E-state index is 12.2. The molecule has 0 atom stereocenters. The monoisotopic (exact) mass is 874 g/mol. The third-order valence-corrected chi connectivity index (χ3v) is 9.62. The first kappa shape index (κ1) is 43.3. The largest absolute Gasteiger partial charge is 0.858 e. The predicted octanol–water partition coefficient (Wildman–Crippen LogP) is 7.50. The molecule has 0 heterocycles. The minimum Gasteiger partial charge on any atom is -0.858 e. The van der Waals surface area contributed by atoms with Crippen LogP contribution in [0, 0.1) is 0 Å². The highest BCUT2D eigenvalue weighted by Crippen LogP contribution is 2.24. The molecule has 6 nitrogen and oxygen atoms in total. The molecular formula is C34H54Cl2I2N4O2. The predicted molar refractivity (Wildman–Crippen MR) is 206 cm³/mol. The van der Waals surface area contributed by atoms with Crippen molar-refractivity contribution in [1.82, 2.24) is 0 Å². The van der Waals surface area contributed by atoms with E-state index in [1.165, 1.54) is 11.1 Å². The third kappa shape index (κ3) is 14.8. The van der Waals surface area contributed by atoms with Crippen LogP contribution in [0.15, 0.2) is 58.5 Å². The van der Waals surface area contributed by atoms with Crippen LogP contribution >= 0.6 is 71.2 Å². The Morgan fingerprint density at radius 2 is 0.909 bits per heavy atom. The van der Waals surface area contributed by atoms with E-state index in [1.54, 1.807) is 0 Å². The van der Waals surface area contributed by atoms with Crippen LogP contribution in [0.4, 0.5) is 0 Å². The van der Waals surface area contributed by atoms with Gasteiger partial charge < -0.3 is 29.2 Å². The van der Waals surface area contributed by atoms with Crippen molar-refractivity contribution < 1.29 is 19.2 Å². The molecule has 0 aliphatic rings. The van der Waals surface area contributed by atoms with Crippen LogP contribution in [0.5, 0.6) is 0 Å². The number of halogens is 4. The summed E-state index contributed by atoms with van der Waals surface area (Å²) in [5, 5.41) is 26.0. The van der Waals surface area contributed by atoms with Gasteiger partial charge in [-0.2, -0.15) is 0 Å². The number of rotatable bonds is 20. The van der Waals surface area contributed by atoms with Gasteiger partial charge in [0.1, 0.15) is 13.1 Å². The summed E-state index contributed by atoms with van der Waals surface area (Å²) in [5.74, 6) is -1.43. The summed E-state index contributed by atoms with van der Waals surface area (Å²) in [6.45, 7) is 17.8. The molecule has 0 radical (unpaired) electrons. The zero-order valence-electron chi connectivity index (χ0n) is 27.1. The molecule has 2 aromatic carbocycles. The van der Waals surface area contributed by atoms with Gasteiger partial charge in [0.05, 0.1) is 39.3 Å². The van der Waals surface area contributed by atoms with Gasteiger partial charge in [0.25, 0.3) is 0 Å². The summed E-state index contributed by atoms with van der Waals surface area (Å²) in [6.07, 6.45) is 5.61. The fraction of sp³-hybridized carbons (Fsp3) is 0.588. The number of hydrogen-bond acceptors (Lipinski definition) is 4. The molecule has 0 saturated carbocycles. The summed E-state index contributed by atoms with van der Waals surface area (Å²) >= 11 is 12.8. The maximum atomic E-state index is 12.2. The topological polar surface area (TPSA) is 70.8 Å². The first-order valence-corrected chi connectivity index (χ1v) is 16.6. The Morgan fingerprint density at radius 3 is 1.23 bits per heavy atom. The quantitative estimate of drug-likeness (QED) is 0.0455. The minimum atomic E-state index is -0.714. The van der Waals surface area contributed by atoms with Crippen molar-refractivity contribution in [3.63, 3.8) is 0 Å². The van der Waals surface area contributed by atoms with E-state index in [2.05, 4.69) is 49.8 Å². The van der Waals surface area contributed by atoms with Crippen LogP contribution in [0.25, 0.3) is 0 Å². The molecule has 44 heavy (non-hydrogen) atoms. The molecule has 0 unspecified atom stereocenters. The van der Waals surface area contributed by atoms with Gasteiger partial charge in [-0.3, -0.25) is 0 Å². The Bertz CT molecular complexity index is 1040. The smallest absolute Gasteiger partial charge is 0.106 e. The van der Waals surface area contributed by atoms with Crippen LogP contribution in [-0.2, 0) is 13.1 Å². The Balaban J connectivity index is 0.00000924. The average molecular weight is 876 g/mol. The Morgan fingerprint density at radius 1 is 0.568 bits per heavy atom. The molecule has 0 aliphatic carbocycles. The number of benzene rings is 2. The van der Waals surface area contributed by atoms with Crippen molar-refractivity contribution >= 4 is 83.0 Å². The van der Waals surface area contributed by atoms with Gasteiger partial charge in [0, 0.05) is 34.3 Å². The highest BCUT2D eigenvalue weighted by Gasteiger charge is 2.25. The fourth-order valence-electron chi connectivity index (χ4n) is 5.63. The van der Waals surface area contributed by atoms with Crippen molar-refractivity contribution in [3.8, 4) is 0 Å². The van der Waals surface area contributed by atoms with Crippen LogP contribution in [0.3, 0.4) is 0 Å². The Labute approximate surface area is 311 Å². The van der Waals surface area contributed by atoms with E-state index in [9.17, 15) is 10.2 Å². The van der Waals surface area contributed by atoms with Gasteiger partial charge in [0.15, 0.2) is 0 Å². The summed E-state index contributed by atoms with van der Waals surface area (Å²) in [6, 6.07) is 16.2. The van der Waals surface area contributed by atoms with Gasteiger partial charge in [-0.1, -0.05) is 59.6 Å². The minimum absolute atomic E-state index is 0. The molecule has 0 amide bonds. The van der Waals surface area contributed by atoms with Crippen LogP contribution in [0.1, 0.15) is 77.3 Å². The molecule has 0 aliphatic heterocycles. The summed E-state index contributed by atoms with van der Waals surface area (Å²) in [5.41, 5.74) is 2.38. The highest BCUT2D eigenvalue weighted by atomic mass is 127. The summed E-state index contributed by atoms with van der Waals surface area (Å²) < 4.78 is 1.96. The lowest BCUT2D eigenvalue weighted by molar-refractivity contribution is -0.938. The molecule has 250 valence electrons. The number of nitrogens with zero attached hydrogens (tertiary/aromatic N) is 4. The molecule has 2 rings (SSSR count). The van der Waals surface area contributed by atoms with E-state index in [0.717, 1.165) is 110 Å². The highest BCUT2D eigenvalue weighted by molar-refractivity contribution is 14.0. The van der Waals surface area contributed by atoms with Crippen molar-refractivity contribution in [2.45, 2.75) is 79.3 Å². The van der Waals surface area contributed by atoms with E-state index < -0.39 is 11.8 Å². The van der Waals surface area contributed by atoms with Crippen molar-refractivity contribution in [2.75, 3.05) is 52.4 Å². The Kier molecular flexibility index (Phi) is 23.3. The normalized spacial score (nSPS) is 12.5. The van der Waals surface area contributed by atoms with Crippen LogP contribution in [0.2, 0.25) is 10.0 Å². The lowest BCUT2D eigenvalue weighted by Crippen LogP contribution is -2.47. The molecule has 0 N–H and O–H groups in total. The van der Waals surface area contributed by atoms with Gasteiger partial charge >= 0.3 is 0 Å². The van der Waals surface area contributed by atoms with E-state index in [4.69, 9.17) is 23.2 Å². The third-order valence-electron chi connectivity index (χ3n) is 8.89. The van der Waals surface area contributed by atoms with E-state index in [-0.39, 0.29) is 48.0 Å². The molecule has 0 spiro atoms. The molecule has 0 bridgehead atoms. The lowest BCUT2D eigenvalue weighted by Gasteiger charge is -2.37. The van der Waals surface area contributed by atoms with Gasteiger partial charge in [-0.15, -0.1) is 48.0 Å². The number of hydrogen-bond donors (Lipinski definition) is 0. The lowest BCUT2D eigenvalue weighted by atomic mass is 10.1. The second-order valence-corrected chi connectivity index (χ2v) is 12.2. The van der Waals surface area contributed by atoms with Gasteiger partial charge in [-0.25, -0.2) is 0 Å². The maximum Gasteiger partial charge on any atom is 0.106 e. The second kappa shape index (κ2) is 23.6. The van der Waals surface area contributed by atoms with Crippen LogP contribution in [-0.4, -0.2) is 73.1 Å². The standard InChI is InChI=1S/C34H52Cl2N4O2.2HI/c1-5-39(6-2,27-29-19-11-13-21-31(29)35)25-17-9-15-23-37-33(41)34(42)38-24-16-10-18-26-40(7-3,8-4)28-30-20-12-14-22-32(30)36;;/h11-14,19-22H,5-10,15-18,23-28H2,1-4H3;2*1H. The first-order chi connectivity index (χ1) is 20.2. The SMILES string of the molecule is CC[N+](CC)(CCCCCN=C([O-])C([O-])=NCCCCC[N+](CC)(CC)Cc1ccccc1Cl)Cc1ccccc1Cl.I.I. The average Bonchev–Trinajstić information content (AvgIpc) is 3.01. The summed E-state index contributed by atoms with van der Waals surface area (Å²) in [7, 11) is 0. The van der Waals surface area contributed by atoms with E-state index in [0.29, 0.717) is 13.1 Å².